The van der Waals surface area contributed by atoms with Crippen molar-refractivity contribution < 1.29 is 47.9 Å². The quantitative estimate of drug-likeness (QED) is 0.524. The minimum Gasteiger partial charge on any atom is -0.207 e. The van der Waals surface area contributed by atoms with Gasteiger partial charge in [0, 0.05) is 4.88 Å². The zero-order chi connectivity index (χ0) is 23.2. The molecule has 0 fully saturated rings. The Balaban J connectivity index is 2.58. The van der Waals surface area contributed by atoms with Gasteiger partial charge >= 0.3 is 23.9 Å². The van der Waals surface area contributed by atoms with Crippen LogP contribution in [0.2, 0.25) is 0 Å². The Kier molecular flexibility index (Phi) is 6.29. The maximum Gasteiger partial charge on any atom is 0.460 e. The number of alkyl halides is 9. The van der Waals surface area contributed by atoms with Gasteiger partial charge in [-0.2, -0.15) is 44.2 Å². The lowest BCUT2D eigenvalue weighted by molar-refractivity contribution is -0.399. The molecule has 1 N–H and O–H groups in total. The van der Waals surface area contributed by atoms with Crippen LogP contribution in [-0.4, -0.2) is 32.4 Å². The summed E-state index contributed by atoms with van der Waals surface area (Å²) in [7, 11) is -5.01. The summed E-state index contributed by atoms with van der Waals surface area (Å²) < 4.78 is 147. The number of nitrogens with one attached hydrogen (secondary N) is 1. The number of thiophene rings is 1. The highest BCUT2D eigenvalue weighted by atomic mass is 32.2. The Bertz CT molecular complexity index is 969. The van der Waals surface area contributed by atoms with Gasteiger partial charge in [0.15, 0.2) is 0 Å². The van der Waals surface area contributed by atoms with Gasteiger partial charge < -0.3 is 0 Å². The van der Waals surface area contributed by atoms with E-state index >= 15 is 0 Å². The normalized spacial score (nSPS) is 15.3. The molecular weight excluding hydrogens is 473 g/mol. The molecule has 14 heteroatoms. The highest BCUT2D eigenvalue weighted by Gasteiger charge is 2.83. The van der Waals surface area contributed by atoms with Crippen LogP contribution in [-0.2, 0) is 10.0 Å². The third-order valence-corrected chi connectivity index (χ3v) is 6.34. The average molecular weight is 485 g/mol. The first-order valence-electron chi connectivity index (χ1n) is 7.77. The Labute approximate surface area is 168 Å². The Morgan fingerprint density at radius 3 is 1.83 bits per heavy atom. The van der Waals surface area contributed by atoms with E-state index in [9.17, 15) is 47.9 Å². The van der Waals surface area contributed by atoms with Gasteiger partial charge in [-0.25, -0.2) is 8.42 Å². The molecule has 1 aromatic heterocycles. The van der Waals surface area contributed by atoms with Crippen LogP contribution in [0.5, 0.6) is 0 Å². The largest absolute Gasteiger partial charge is 0.460 e. The second-order valence-electron chi connectivity index (χ2n) is 6.15. The third-order valence-electron chi connectivity index (χ3n) is 3.96. The summed E-state index contributed by atoms with van der Waals surface area (Å²) in [5.41, 5.74) is 0.547. The van der Waals surface area contributed by atoms with Gasteiger partial charge in [-0.05, 0) is 30.5 Å². The first kappa shape index (κ1) is 24.5. The number of sulfonamides is 1. The maximum atomic E-state index is 14.5. The van der Waals surface area contributed by atoms with Crippen LogP contribution in [0.4, 0.5) is 39.5 Å². The van der Waals surface area contributed by atoms with E-state index in [0.717, 1.165) is 28.3 Å². The molecule has 0 amide bonds. The molecule has 2 aromatic rings. The molecule has 168 valence electrons. The minimum atomic E-state index is -7.14. The number of rotatable bonds is 7. The van der Waals surface area contributed by atoms with Crippen LogP contribution in [0.15, 0.2) is 46.7 Å². The molecule has 1 aromatic carbocycles. The number of halogens is 9. The molecule has 0 saturated carbocycles. The molecular formula is C16H12F9NO2S2. The topological polar surface area (TPSA) is 46.2 Å². The summed E-state index contributed by atoms with van der Waals surface area (Å²) in [4.78, 5) is -1.58. The van der Waals surface area contributed by atoms with Crippen molar-refractivity contribution in [2.45, 2.75) is 41.8 Å². The highest BCUT2D eigenvalue weighted by molar-refractivity contribution is 7.89. The van der Waals surface area contributed by atoms with E-state index in [-0.39, 0.29) is 11.3 Å². The van der Waals surface area contributed by atoms with E-state index in [4.69, 9.17) is 0 Å². The molecule has 3 nitrogen and oxygen atoms in total. The van der Waals surface area contributed by atoms with Crippen molar-refractivity contribution in [3.63, 3.8) is 0 Å². The maximum absolute atomic E-state index is 14.5. The molecule has 0 radical (unpaired) electrons. The molecule has 0 aliphatic rings. The summed E-state index contributed by atoms with van der Waals surface area (Å²) in [5.74, 6) is -20.3. The van der Waals surface area contributed by atoms with E-state index in [1.807, 2.05) is 0 Å². The summed E-state index contributed by atoms with van der Waals surface area (Å²) in [6.07, 6.45) is -7.02. The molecule has 0 bridgehead atoms. The lowest BCUT2D eigenvalue weighted by atomic mass is 9.96. The molecule has 0 spiro atoms. The predicted octanol–water partition coefficient (Wildman–Crippen LogP) is 5.54. The molecule has 0 aliphatic heterocycles. The van der Waals surface area contributed by atoms with Gasteiger partial charge in [-0.15, -0.1) is 11.3 Å². The van der Waals surface area contributed by atoms with Crippen LogP contribution in [0.25, 0.3) is 0 Å². The van der Waals surface area contributed by atoms with Crippen molar-refractivity contribution in [3.8, 4) is 0 Å². The second-order valence-corrected chi connectivity index (χ2v) is 8.85. The molecule has 0 aliphatic carbocycles. The Morgan fingerprint density at radius 1 is 0.867 bits per heavy atom. The monoisotopic (exact) mass is 485 g/mol. The van der Waals surface area contributed by atoms with E-state index in [2.05, 4.69) is 0 Å². The van der Waals surface area contributed by atoms with Crippen molar-refractivity contribution in [2.24, 2.45) is 0 Å². The van der Waals surface area contributed by atoms with Crippen molar-refractivity contribution in [3.05, 3.63) is 52.2 Å². The van der Waals surface area contributed by atoms with Crippen molar-refractivity contribution >= 4 is 21.4 Å². The van der Waals surface area contributed by atoms with Crippen LogP contribution >= 0.6 is 11.3 Å². The smallest absolute Gasteiger partial charge is 0.207 e. The van der Waals surface area contributed by atoms with E-state index in [1.165, 1.54) is 12.1 Å². The van der Waals surface area contributed by atoms with Gasteiger partial charge in [-0.1, -0.05) is 23.8 Å². The SMILES string of the molecule is Cc1ccc(S(=O)(=O)NC(c2cccs2)C(F)(F)C(F)(F)C(F)(F)C(F)(F)F)cc1. The lowest BCUT2D eigenvalue weighted by Gasteiger charge is -2.37. The summed E-state index contributed by atoms with van der Waals surface area (Å²) in [6, 6.07) is 2.60. The van der Waals surface area contributed by atoms with Crippen LogP contribution in [0, 0.1) is 6.92 Å². The number of hydrogen-bond acceptors (Lipinski definition) is 3. The summed E-state index contributed by atoms with van der Waals surface area (Å²) in [5, 5.41) is 1.03. The lowest BCUT2D eigenvalue weighted by Crippen LogP contribution is -2.64. The molecule has 0 saturated heterocycles. The zero-order valence-electron chi connectivity index (χ0n) is 14.7. The van der Waals surface area contributed by atoms with Crippen molar-refractivity contribution in [1.82, 2.24) is 4.72 Å². The van der Waals surface area contributed by atoms with Gasteiger partial charge in [0.2, 0.25) is 10.0 Å². The Hall–Kier alpha value is -1.80. The van der Waals surface area contributed by atoms with Crippen LogP contribution in [0.3, 0.4) is 0 Å². The van der Waals surface area contributed by atoms with Crippen molar-refractivity contribution in [1.29, 1.82) is 0 Å². The van der Waals surface area contributed by atoms with Gasteiger partial charge in [0.05, 0.1) is 4.90 Å². The number of hydrogen-bond donors (Lipinski definition) is 1. The van der Waals surface area contributed by atoms with E-state index < -0.39 is 49.8 Å². The standard InChI is InChI=1S/C16H12F9NO2S2/c1-9-4-6-10(7-5-9)30(27,28)26-12(11-3-2-8-29-11)13(17,18)14(19,20)15(21,22)16(23,24)25/h2-8,12,26H,1H3. The summed E-state index contributed by atoms with van der Waals surface area (Å²) >= 11 is 0.264. The summed E-state index contributed by atoms with van der Waals surface area (Å²) in [6.45, 7) is 1.55. The first-order valence-corrected chi connectivity index (χ1v) is 10.1. The van der Waals surface area contributed by atoms with E-state index in [1.54, 1.807) is 6.92 Å². The highest BCUT2D eigenvalue weighted by Crippen LogP contribution is 2.56. The Morgan fingerprint density at radius 2 is 1.40 bits per heavy atom. The number of benzene rings is 1. The van der Waals surface area contributed by atoms with Crippen LogP contribution < -0.4 is 4.72 Å². The van der Waals surface area contributed by atoms with Gasteiger partial charge in [0.1, 0.15) is 6.04 Å². The van der Waals surface area contributed by atoms with Gasteiger partial charge in [-0.3, -0.25) is 0 Å². The predicted molar refractivity (Wildman–Crippen MR) is 89.5 cm³/mol. The van der Waals surface area contributed by atoms with Crippen molar-refractivity contribution in [2.75, 3.05) is 0 Å². The molecule has 1 atom stereocenters. The third kappa shape index (κ3) is 4.17. The fraction of sp³-hybridized carbons (Fsp3) is 0.375. The molecule has 30 heavy (non-hydrogen) atoms. The van der Waals surface area contributed by atoms with E-state index in [0.29, 0.717) is 11.6 Å². The average Bonchev–Trinajstić information content (AvgIpc) is 3.13. The molecule has 2 rings (SSSR count). The van der Waals surface area contributed by atoms with Gasteiger partial charge in [0.25, 0.3) is 0 Å². The fourth-order valence-electron chi connectivity index (χ4n) is 2.28. The second kappa shape index (κ2) is 7.71. The zero-order valence-corrected chi connectivity index (χ0v) is 16.3. The molecule has 1 unspecified atom stereocenters. The fourth-order valence-corrected chi connectivity index (χ4v) is 4.38. The number of aryl methyl sites for hydroxylation is 1. The minimum absolute atomic E-state index is 0.264. The molecule has 1 heterocycles. The first-order chi connectivity index (χ1) is 13.4. The van der Waals surface area contributed by atoms with Crippen LogP contribution in [0.1, 0.15) is 16.5 Å².